The molecule has 0 N–H and O–H groups in total. The summed E-state index contributed by atoms with van der Waals surface area (Å²) in [7, 11) is 0. The van der Waals surface area contributed by atoms with Crippen LogP contribution in [0.2, 0.25) is 0 Å². The van der Waals surface area contributed by atoms with Gasteiger partial charge in [-0.2, -0.15) is 0 Å². The SMILES string of the molecule is c1ccc([B-]2(c3ccccc3)Cc3cccc[n+]3[B-](c3ccccc3)(c3ccccc3)Cc3cccc[n+]32)cc1. The van der Waals surface area contributed by atoms with E-state index in [1.165, 1.54) is 33.2 Å². The highest BCUT2D eigenvalue weighted by atomic mass is 15.0. The Labute approximate surface area is 237 Å². The number of hydrogen-bond donors (Lipinski definition) is 0. The van der Waals surface area contributed by atoms with E-state index >= 15 is 0 Å². The quantitative estimate of drug-likeness (QED) is 0.319. The molecule has 0 saturated carbocycles. The molecule has 0 radical (unpaired) electrons. The van der Waals surface area contributed by atoms with Gasteiger partial charge >= 0.3 is 12.6 Å². The summed E-state index contributed by atoms with van der Waals surface area (Å²) in [5.41, 5.74) is 8.07. The third-order valence-electron chi connectivity index (χ3n) is 9.32. The Hall–Kier alpha value is -4.69. The van der Waals surface area contributed by atoms with Gasteiger partial charge in [0.2, 0.25) is 0 Å². The number of benzene rings is 4. The number of pyridine rings is 2. The Kier molecular flexibility index (Phi) is 6.17. The molecular formula is C36H32B2N2. The summed E-state index contributed by atoms with van der Waals surface area (Å²) < 4.78 is 5.26. The fourth-order valence-corrected chi connectivity index (χ4v) is 7.57. The van der Waals surface area contributed by atoms with Gasteiger partial charge in [0.05, 0.1) is 0 Å². The number of aromatic nitrogens is 2. The van der Waals surface area contributed by atoms with Crippen molar-refractivity contribution < 1.29 is 8.96 Å². The van der Waals surface area contributed by atoms with Crippen LogP contribution < -0.4 is 30.8 Å². The van der Waals surface area contributed by atoms with Crippen LogP contribution >= 0.6 is 0 Å². The summed E-state index contributed by atoms with van der Waals surface area (Å²) in [5.74, 6) is 0. The minimum absolute atomic E-state index is 0.875. The second-order valence-electron chi connectivity index (χ2n) is 11.2. The molecule has 40 heavy (non-hydrogen) atoms. The van der Waals surface area contributed by atoms with E-state index < -0.39 is 12.6 Å². The van der Waals surface area contributed by atoms with Crippen LogP contribution in [-0.4, -0.2) is 12.6 Å². The van der Waals surface area contributed by atoms with E-state index in [0.29, 0.717) is 0 Å². The van der Waals surface area contributed by atoms with Crippen LogP contribution in [0.4, 0.5) is 0 Å². The molecule has 0 unspecified atom stereocenters. The van der Waals surface area contributed by atoms with Gasteiger partial charge in [0.1, 0.15) is 23.8 Å². The molecule has 192 valence electrons. The van der Waals surface area contributed by atoms with Gasteiger partial charge in [-0.3, -0.25) is 0 Å². The van der Waals surface area contributed by atoms with Gasteiger partial charge in [-0.25, -0.2) is 0 Å². The van der Waals surface area contributed by atoms with E-state index in [1.807, 2.05) is 0 Å². The van der Waals surface area contributed by atoms with Crippen LogP contribution in [0.1, 0.15) is 11.4 Å². The lowest BCUT2D eigenvalue weighted by atomic mass is 9.21. The zero-order valence-electron chi connectivity index (χ0n) is 22.6. The van der Waals surface area contributed by atoms with E-state index in [0.717, 1.165) is 12.6 Å². The molecule has 0 aliphatic carbocycles. The Balaban J connectivity index is 1.62. The maximum Gasteiger partial charge on any atom is 0.342 e. The van der Waals surface area contributed by atoms with Gasteiger partial charge in [0.15, 0.2) is 0 Å². The average molecular weight is 514 g/mol. The molecule has 7 rings (SSSR count). The summed E-state index contributed by atoms with van der Waals surface area (Å²) in [6.45, 7) is 0. The third-order valence-corrected chi connectivity index (χ3v) is 9.32. The van der Waals surface area contributed by atoms with Crippen LogP contribution in [-0.2, 0) is 12.6 Å². The van der Waals surface area contributed by atoms with Crippen LogP contribution in [0.15, 0.2) is 170 Å². The summed E-state index contributed by atoms with van der Waals surface area (Å²) in [4.78, 5) is 0. The summed E-state index contributed by atoms with van der Waals surface area (Å²) in [6.07, 6.45) is 3.64. The summed E-state index contributed by atoms with van der Waals surface area (Å²) in [5, 5.41) is 0. The number of fused-ring (bicyclic) bond motifs is 2. The molecule has 2 aromatic heterocycles. The highest BCUT2D eigenvalue weighted by molar-refractivity contribution is 6.97. The van der Waals surface area contributed by atoms with E-state index in [4.69, 9.17) is 0 Å². The average Bonchev–Trinajstić information content (AvgIpc) is 3.04. The Morgan fingerprint density at radius 2 is 0.600 bits per heavy atom. The fourth-order valence-electron chi connectivity index (χ4n) is 7.57. The van der Waals surface area contributed by atoms with Crippen molar-refractivity contribution in [1.82, 2.24) is 0 Å². The minimum atomic E-state index is -1.38. The largest absolute Gasteiger partial charge is 0.418 e. The number of nitrogens with zero attached hydrogens (tertiary/aromatic N) is 2. The van der Waals surface area contributed by atoms with Crippen molar-refractivity contribution in [2.45, 2.75) is 12.6 Å². The lowest BCUT2D eigenvalue weighted by molar-refractivity contribution is -0.574. The Morgan fingerprint density at radius 3 is 0.900 bits per heavy atom. The van der Waals surface area contributed by atoms with E-state index in [9.17, 15) is 0 Å². The predicted octanol–water partition coefficient (Wildman–Crippen LogP) is 3.35. The molecule has 3 heterocycles. The normalized spacial score (nSPS) is 15.2. The molecule has 0 atom stereocenters. The molecule has 6 aromatic rings. The maximum absolute atomic E-state index is 2.63. The van der Waals surface area contributed by atoms with Crippen LogP contribution in [0.25, 0.3) is 0 Å². The predicted molar refractivity (Wildman–Crippen MR) is 167 cm³/mol. The molecule has 0 saturated heterocycles. The minimum Gasteiger partial charge on any atom is -0.418 e. The van der Waals surface area contributed by atoms with E-state index in [1.54, 1.807) is 0 Å². The molecule has 2 nitrogen and oxygen atoms in total. The first-order valence-corrected chi connectivity index (χ1v) is 14.4. The van der Waals surface area contributed by atoms with Crippen molar-refractivity contribution in [1.29, 1.82) is 0 Å². The van der Waals surface area contributed by atoms with E-state index in [-0.39, 0.29) is 0 Å². The maximum atomic E-state index is 2.63. The van der Waals surface area contributed by atoms with Gasteiger partial charge in [0, 0.05) is 0 Å². The van der Waals surface area contributed by atoms with E-state index in [2.05, 4.69) is 179 Å². The topological polar surface area (TPSA) is 7.76 Å². The smallest absolute Gasteiger partial charge is 0.342 e. The molecule has 0 amide bonds. The van der Waals surface area contributed by atoms with Crippen molar-refractivity contribution >= 4 is 34.4 Å². The molecule has 1 aliphatic heterocycles. The second-order valence-corrected chi connectivity index (χ2v) is 11.2. The molecule has 1 aliphatic rings. The van der Waals surface area contributed by atoms with Gasteiger partial charge in [0.25, 0.3) is 0 Å². The van der Waals surface area contributed by atoms with Crippen molar-refractivity contribution in [2.24, 2.45) is 0 Å². The Bertz CT molecular complexity index is 1530. The van der Waals surface area contributed by atoms with Crippen molar-refractivity contribution in [3.63, 3.8) is 0 Å². The van der Waals surface area contributed by atoms with Gasteiger partial charge in [-0.05, 0) is 36.9 Å². The van der Waals surface area contributed by atoms with Gasteiger partial charge in [-0.1, -0.05) is 133 Å². The summed E-state index contributed by atoms with van der Waals surface area (Å²) >= 11 is 0. The van der Waals surface area contributed by atoms with Crippen LogP contribution in [0.3, 0.4) is 0 Å². The van der Waals surface area contributed by atoms with Gasteiger partial charge in [-0.15, -0.1) is 21.9 Å². The lowest BCUT2D eigenvalue weighted by Crippen LogP contribution is -2.88. The van der Waals surface area contributed by atoms with Gasteiger partial charge < -0.3 is 8.96 Å². The standard InChI is InChI=1S/C36H32B2N2/c1-5-17-31(18-6-1)37(32-19-7-2-8-20-32)29-35-25-14-16-28-40(35)38(33-21-9-3-10-22-33,34-23-11-4-12-24-34)30-36-26-13-15-27-39(36)37/h1-28H,29-30H2. The third kappa shape index (κ3) is 3.83. The molecular weight excluding hydrogens is 482 g/mol. The molecule has 0 fully saturated rings. The second kappa shape index (κ2) is 10.1. The molecule has 4 aromatic carbocycles. The monoisotopic (exact) mass is 514 g/mol. The first-order valence-electron chi connectivity index (χ1n) is 14.4. The molecule has 0 spiro atoms. The number of hydrogen-bond acceptors (Lipinski definition) is 0. The molecule has 4 heteroatoms. The Morgan fingerprint density at radius 1 is 0.325 bits per heavy atom. The van der Waals surface area contributed by atoms with Crippen molar-refractivity contribution in [2.75, 3.05) is 0 Å². The van der Waals surface area contributed by atoms with Crippen LogP contribution in [0, 0.1) is 0 Å². The lowest BCUT2D eigenvalue weighted by Gasteiger charge is -2.44. The zero-order valence-corrected chi connectivity index (χ0v) is 22.6. The van der Waals surface area contributed by atoms with Crippen molar-refractivity contribution in [3.8, 4) is 0 Å². The highest BCUT2D eigenvalue weighted by Gasteiger charge is 2.50. The molecule has 0 bridgehead atoms. The first-order chi connectivity index (χ1) is 19.8. The van der Waals surface area contributed by atoms with Crippen molar-refractivity contribution in [3.05, 3.63) is 182 Å². The fraction of sp³-hybridized carbons (Fsp3) is 0.0556. The summed E-state index contributed by atoms with van der Waals surface area (Å²) in [6, 6.07) is 58.0. The number of rotatable bonds is 4. The first kappa shape index (κ1) is 24.4. The van der Waals surface area contributed by atoms with Crippen LogP contribution in [0.5, 0.6) is 0 Å². The highest BCUT2D eigenvalue weighted by Crippen LogP contribution is 2.19. The zero-order chi connectivity index (χ0) is 26.8.